The maximum atomic E-state index is 6.74. The van der Waals surface area contributed by atoms with Gasteiger partial charge in [-0.3, -0.25) is 0 Å². The first-order valence-electron chi connectivity index (χ1n) is 19.0. The van der Waals surface area contributed by atoms with Crippen LogP contribution in [0.25, 0.3) is 29.1 Å². The monoisotopic (exact) mass is 979 g/mol. The fourth-order valence-electron chi connectivity index (χ4n) is 5.73. The predicted molar refractivity (Wildman–Crippen MR) is 233 cm³/mol. The van der Waals surface area contributed by atoms with Gasteiger partial charge < -0.3 is 56.8 Å². The average molecular weight is 981 g/mol. The van der Waals surface area contributed by atoms with Crippen LogP contribution in [0.15, 0.2) is 109 Å². The minimum absolute atomic E-state index is 0. The molecule has 0 N–H and O–H groups in total. The second kappa shape index (κ2) is 23.3. The summed E-state index contributed by atoms with van der Waals surface area (Å²) in [7, 11) is 0. The Hall–Kier alpha value is -9.49. The van der Waals surface area contributed by atoms with E-state index in [1.807, 2.05) is 0 Å². The van der Waals surface area contributed by atoms with Crippen LogP contribution in [0.2, 0.25) is 0 Å². The van der Waals surface area contributed by atoms with Gasteiger partial charge in [-0.05, 0) is 72.8 Å². The van der Waals surface area contributed by atoms with Gasteiger partial charge in [0.25, 0.3) is 0 Å². The molecule has 325 valence electrons. The molecule has 0 saturated heterocycles. The van der Waals surface area contributed by atoms with Gasteiger partial charge in [-0.15, -0.1) is 0 Å². The zero-order valence-electron chi connectivity index (χ0n) is 34.6. The Morgan fingerprint density at radius 3 is 0.493 bits per heavy atom. The molecule has 19 heteroatoms. The second-order valence-electron chi connectivity index (χ2n) is 12.9. The standard InChI is InChI=1S/6C8H5NO2.Tc/c6*1-9-6-2-3-7-8(4-6)11-5-10-7;/h6*2-4H,5H2;/q;;;;;;+6. The van der Waals surface area contributed by atoms with E-state index in [9.17, 15) is 0 Å². The topological polar surface area (TPSA) is 137 Å². The van der Waals surface area contributed by atoms with Crippen LogP contribution in [-0.2, 0) is 20.1 Å². The molecule has 0 atom stereocenters. The van der Waals surface area contributed by atoms with Crippen molar-refractivity contribution in [2.75, 3.05) is 40.8 Å². The van der Waals surface area contributed by atoms with Crippen LogP contribution >= 0.6 is 0 Å². The number of benzene rings is 6. The summed E-state index contributed by atoms with van der Waals surface area (Å²) in [5.74, 6) is 8.31. The SMILES string of the molecule is [C-]#[N+]c1ccc2c(c1)OCO2.[C-]#[N+]c1ccc2c(c1)OCO2.[C-]#[N+]c1ccc2c(c1)OCO2.[C-]#[N+]c1ccc2c(c1)OCO2.[C-]#[N+]c1ccc2c(c1)OCO2.[C-]#[N+]c1ccc2c(c1)OCO2.[Tc+6]. The van der Waals surface area contributed by atoms with Crippen LogP contribution in [0.4, 0.5) is 34.1 Å². The third-order valence-corrected chi connectivity index (χ3v) is 8.91. The van der Waals surface area contributed by atoms with Gasteiger partial charge in [-0.1, -0.05) is 36.4 Å². The van der Waals surface area contributed by atoms with Gasteiger partial charge in [-0.25, -0.2) is 29.1 Å². The van der Waals surface area contributed by atoms with Crippen LogP contribution in [0.5, 0.6) is 69.0 Å². The first kappa shape index (κ1) is 47.0. The van der Waals surface area contributed by atoms with E-state index in [1.165, 1.54) is 0 Å². The Bertz CT molecular complexity index is 2500. The van der Waals surface area contributed by atoms with E-state index in [0.717, 1.165) is 34.5 Å². The molecule has 18 nitrogen and oxygen atoms in total. The van der Waals surface area contributed by atoms with Gasteiger partial charge in [0, 0.05) is 0 Å². The zero-order chi connectivity index (χ0) is 46.1. The molecule has 6 heterocycles. The average Bonchev–Trinajstić information content (AvgIpc) is 4.24. The van der Waals surface area contributed by atoms with Crippen molar-refractivity contribution in [1.29, 1.82) is 0 Å². The molecule has 6 aromatic carbocycles. The van der Waals surface area contributed by atoms with Crippen LogP contribution < -0.4 is 56.8 Å². The number of rotatable bonds is 0. The summed E-state index contributed by atoms with van der Waals surface area (Å²) in [6, 6.07) is 30.8. The summed E-state index contributed by atoms with van der Waals surface area (Å²) in [5, 5.41) is 0. The van der Waals surface area contributed by atoms with Crippen molar-refractivity contribution in [3.8, 4) is 69.0 Å². The molecule has 6 aromatic rings. The van der Waals surface area contributed by atoms with Crippen molar-refractivity contribution in [2.45, 2.75) is 0 Å². The zero-order valence-corrected chi connectivity index (χ0v) is 36.5. The molecule has 1 radical (unpaired) electrons. The smallest absolute Gasteiger partial charge is 0.455 e. The largest absolute Gasteiger partial charge is 6.00 e. The van der Waals surface area contributed by atoms with E-state index >= 15 is 0 Å². The third kappa shape index (κ3) is 12.4. The van der Waals surface area contributed by atoms with Gasteiger partial charge in [0.05, 0.1) is 39.4 Å². The van der Waals surface area contributed by atoms with Crippen molar-refractivity contribution in [2.24, 2.45) is 0 Å². The Morgan fingerprint density at radius 2 is 0.358 bits per heavy atom. The Labute approximate surface area is 397 Å². The van der Waals surface area contributed by atoms with Gasteiger partial charge in [-0.2, -0.15) is 0 Å². The fourth-order valence-corrected chi connectivity index (χ4v) is 5.73. The molecule has 6 aliphatic heterocycles. The van der Waals surface area contributed by atoms with Gasteiger partial charge in [0.1, 0.15) is 0 Å². The van der Waals surface area contributed by atoms with Crippen molar-refractivity contribution in [3.63, 3.8) is 0 Å². The van der Waals surface area contributed by atoms with Crippen LogP contribution in [0.3, 0.4) is 0 Å². The van der Waals surface area contributed by atoms with E-state index in [0.29, 0.717) is 68.6 Å². The maximum Gasteiger partial charge on any atom is 6.00 e. The van der Waals surface area contributed by atoms with Gasteiger partial charge >= 0.3 is 20.1 Å². The molecule has 0 aromatic heterocycles. The molecule has 0 amide bonds. The molecule has 12 rings (SSSR count). The molecular weight excluding hydrogens is 951 g/mol. The van der Waals surface area contributed by atoms with Crippen molar-refractivity contribution in [3.05, 3.63) is 178 Å². The molecule has 0 spiro atoms. The van der Waals surface area contributed by atoms with Gasteiger partial charge in [0.2, 0.25) is 40.8 Å². The van der Waals surface area contributed by atoms with E-state index in [4.69, 9.17) is 96.3 Å². The van der Waals surface area contributed by atoms with Crippen LogP contribution in [0.1, 0.15) is 0 Å². The number of ether oxygens (including phenoxy) is 12. The maximum absolute atomic E-state index is 6.74. The van der Waals surface area contributed by atoms with E-state index in [1.54, 1.807) is 109 Å². The normalized spacial score (nSPS) is 12.4. The first-order valence-corrected chi connectivity index (χ1v) is 19.0. The van der Waals surface area contributed by atoms with Crippen molar-refractivity contribution >= 4 is 34.1 Å². The van der Waals surface area contributed by atoms with E-state index in [2.05, 4.69) is 29.1 Å². The van der Waals surface area contributed by atoms with Gasteiger partial charge in [0.15, 0.2) is 103 Å². The summed E-state index contributed by atoms with van der Waals surface area (Å²) in [6.07, 6.45) is 0. The number of hydrogen-bond acceptors (Lipinski definition) is 12. The molecular formula is C48H30N6O12Tc+6. The number of fused-ring (bicyclic) bond motifs is 6. The summed E-state index contributed by atoms with van der Waals surface area (Å²) in [4.78, 5) is 19.6. The summed E-state index contributed by atoms with van der Waals surface area (Å²) >= 11 is 0. The van der Waals surface area contributed by atoms with E-state index < -0.39 is 0 Å². The Balaban J connectivity index is 0.000000132. The molecule has 0 fully saturated rings. The van der Waals surface area contributed by atoms with Crippen LogP contribution in [-0.4, -0.2) is 40.8 Å². The van der Waals surface area contributed by atoms with Crippen LogP contribution in [0, 0.1) is 39.4 Å². The third-order valence-electron chi connectivity index (χ3n) is 8.91. The minimum atomic E-state index is 0. The summed E-state index contributed by atoms with van der Waals surface area (Å²) in [6.45, 7) is 42.0. The van der Waals surface area contributed by atoms with E-state index in [-0.39, 0.29) is 60.9 Å². The molecule has 67 heavy (non-hydrogen) atoms. The first-order chi connectivity index (χ1) is 32.4. The minimum Gasteiger partial charge on any atom is -0.455 e. The summed E-state index contributed by atoms with van der Waals surface area (Å²) < 4.78 is 60.9. The number of nitrogens with zero attached hydrogens (tertiary/aromatic N) is 6. The summed E-state index contributed by atoms with van der Waals surface area (Å²) in [5.41, 5.74) is 3.47. The molecule has 0 aliphatic carbocycles. The Morgan fingerprint density at radius 1 is 0.224 bits per heavy atom. The quantitative estimate of drug-likeness (QED) is 0.134. The van der Waals surface area contributed by atoms with Crippen molar-refractivity contribution < 1.29 is 76.9 Å². The second-order valence-corrected chi connectivity index (χ2v) is 12.9. The molecule has 0 bridgehead atoms. The molecule has 0 saturated carbocycles. The number of hydrogen-bond donors (Lipinski definition) is 0. The van der Waals surface area contributed by atoms with Crippen molar-refractivity contribution in [1.82, 2.24) is 0 Å². The molecule has 6 aliphatic rings. The molecule has 0 unspecified atom stereocenters. The fraction of sp³-hybridized carbons (Fsp3) is 0.125. The Kier molecular flexibility index (Phi) is 16.3. The predicted octanol–water partition coefficient (Wildman–Crippen LogP) is 11.8.